The molecule has 3 saturated heterocycles. The van der Waals surface area contributed by atoms with Crippen LogP contribution >= 0.6 is 0 Å². The van der Waals surface area contributed by atoms with Crippen LogP contribution in [-0.2, 0) is 11.3 Å². The summed E-state index contributed by atoms with van der Waals surface area (Å²) >= 11 is 0. The van der Waals surface area contributed by atoms with Crippen LogP contribution in [0.25, 0.3) is 0 Å². The number of hydrogen-bond acceptors (Lipinski definition) is 5. The predicted octanol–water partition coefficient (Wildman–Crippen LogP) is 4.01. The van der Waals surface area contributed by atoms with E-state index in [0.717, 1.165) is 24.9 Å². The van der Waals surface area contributed by atoms with Crippen LogP contribution in [0.15, 0.2) is 49.1 Å². The van der Waals surface area contributed by atoms with E-state index in [1.807, 2.05) is 36.1 Å². The van der Waals surface area contributed by atoms with Crippen molar-refractivity contribution in [2.75, 3.05) is 26.2 Å². The van der Waals surface area contributed by atoms with Crippen LogP contribution in [0.5, 0.6) is 0 Å². The lowest BCUT2D eigenvalue weighted by Gasteiger charge is -2.57. The molecule has 4 atom stereocenters. The van der Waals surface area contributed by atoms with Gasteiger partial charge in [-0.05, 0) is 100 Å². The molecule has 2 aromatic rings. The molecule has 192 valence electrons. The summed E-state index contributed by atoms with van der Waals surface area (Å²) in [6.45, 7) is 6.56. The molecule has 0 N–H and O–H groups in total. The molecular weight excluding hydrogens is 450 g/mol. The molecule has 5 heterocycles. The Labute approximate surface area is 214 Å². The first-order valence-corrected chi connectivity index (χ1v) is 13.8. The molecule has 7 nitrogen and oxygen atoms in total. The van der Waals surface area contributed by atoms with E-state index in [2.05, 4.69) is 19.8 Å². The van der Waals surface area contributed by atoms with Crippen molar-refractivity contribution in [2.24, 2.45) is 11.8 Å². The highest BCUT2D eigenvalue weighted by Gasteiger charge is 2.49. The smallest absolute Gasteiger partial charge is 0.255 e. The molecule has 0 saturated carbocycles. The molecule has 7 heteroatoms. The summed E-state index contributed by atoms with van der Waals surface area (Å²) in [5.74, 6) is 1.34. The lowest BCUT2D eigenvalue weighted by molar-refractivity contribution is -0.131. The summed E-state index contributed by atoms with van der Waals surface area (Å²) < 4.78 is 0. The Bertz CT molecular complexity index is 1010. The van der Waals surface area contributed by atoms with Gasteiger partial charge >= 0.3 is 0 Å². The molecule has 0 aromatic carbocycles. The van der Waals surface area contributed by atoms with Crippen LogP contribution in [0, 0.1) is 11.8 Å². The average molecular weight is 490 g/mol. The first kappa shape index (κ1) is 24.9. The minimum absolute atomic E-state index is 0.105. The molecule has 5 rings (SSSR count). The van der Waals surface area contributed by atoms with Gasteiger partial charge in [-0.15, -0.1) is 0 Å². The van der Waals surface area contributed by atoms with Gasteiger partial charge in [0.1, 0.15) is 0 Å². The maximum absolute atomic E-state index is 13.7. The van der Waals surface area contributed by atoms with Gasteiger partial charge in [0, 0.05) is 62.9 Å². The second-order valence-corrected chi connectivity index (χ2v) is 10.7. The van der Waals surface area contributed by atoms with E-state index in [4.69, 9.17) is 0 Å². The standard InChI is InChI=1S/C29H39N5O2/c1-2-32(20-22-12-15-30-16-13-22)27(35)11-3-10-26-25-9-6-18-33-17-5-8-24(28(25)33)21-34(26)29(36)23-7-4-14-31-19-23/h4,7,12-16,19,24-26,28H,2-3,5-6,8-11,17-18,20-21H2,1H3/t24-,25+,26+,28-/m0/s1. The van der Waals surface area contributed by atoms with E-state index in [9.17, 15) is 9.59 Å². The molecule has 2 aromatic heterocycles. The first-order chi connectivity index (χ1) is 17.7. The number of piperidine rings is 3. The van der Waals surface area contributed by atoms with Gasteiger partial charge < -0.3 is 9.80 Å². The van der Waals surface area contributed by atoms with Gasteiger partial charge in [0.2, 0.25) is 5.91 Å². The highest BCUT2D eigenvalue weighted by atomic mass is 16.2. The van der Waals surface area contributed by atoms with E-state index >= 15 is 0 Å². The summed E-state index contributed by atoms with van der Waals surface area (Å²) in [7, 11) is 0. The molecule has 3 aliphatic heterocycles. The fourth-order valence-electron chi connectivity index (χ4n) is 6.96. The topological polar surface area (TPSA) is 69.6 Å². The number of pyridine rings is 2. The molecule has 3 aliphatic rings. The largest absolute Gasteiger partial charge is 0.339 e. The van der Waals surface area contributed by atoms with Gasteiger partial charge in [0.15, 0.2) is 0 Å². The van der Waals surface area contributed by atoms with Gasteiger partial charge in [-0.2, -0.15) is 0 Å². The number of likely N-dealkylation sites (tertiary alicyclic amines) is 1. The third kappa shape index (κ3) is 5.31. The summed E-state index contributed by atoms with van der Waals surface area (Å²) in [4.78, 5) is 41.9. The summed E-state index contributed by atoms with van der Waals surface area (Å²) in [6, 6.07) is 8.44. The third-order valence-electron chi connectivity index (χ3n) is 8.59. The maximum Gasteiger partial charge on any atom is 0.255 e. The normalized spacial score (nSPS) is 25.8. The van der Waals surface area contributed by atoms with Crippen LogP contribution in [-0.4, -0.2) is 74.7 Å². The Morgan fingerprint density at radius 3 is 2.61 bits per heavy atom. The Hall–Kier alpha value is -2.80. The van der Waals surface area contributed by atoms with Crippen LogP contribution in [0.3, 0.4) is 0 Å². The van der Waals surface area contributed by atoms with Gasteiger partial charge in [0.05, 0.1) is 5.56 Å². The van der Waals surface area contributed by atoms with E-state index in [1.165, 1.54) is 38.8 Å². The fourth-order valence-corrected chi connectivity index (χ4v) is 6.96. The molecule has 0 unspecified atom stereocenters. The second kappa shape index (κ2) is 11.5. The van der Waals surface area contributed by atoms with Crippen molar-refractivity contribution < 1.29 is 9.59 Å². The van der Waals surface area contributed by atoms with Gasteiger partial charge in [-0.1, -0.05) is 0 Å². The summed E-state index contributed by atoms with van der Waals surface area (Å²) in [6.07, 6.45) is 14.0. The maximum atomic E-state index is 13.7. The average Bonchev–Trinajstić information content (AvgIpc) is 2.93. The zero-order valence-corrected chi connectivity index (χ0v) is 21.5. The predicted molar refractivity (Wildman–Crippen MR) is 139 cm³/mol. The van der Waals surface area contributed by atoms with Crippen LogP contribution in [0.2, 0.25) is 0 Å². The Morgan fingerprint density at radius 1 is 1.06 bits per heavy atom. The van der Waals surface area contributed by atoms with Crippen molar-refractivity contribution >= 4 is 11.8 Å². The van der Waals surface area contributed by atoms with E-state index in [-0.39, 0.29) is 17.9 Å². The van der Waals surface area contributed by atoms with Crippen molar-refractivity contribution in [2.45, 2.75) is 70.5 Å². The SMILES string of the molecule is CCN(Cc1ccncc1)C(=O)CCC[C@@H]1[C@H]2CCCN3CCC[C@@H](CN1C(=O)c1cccnc1)[C@@H]23. The van der Waals surface area contributed by atoms with Gasteiger partial charge in [-0.3, -0.25) is 24.5 Å². The zero-order chi connectivity index (χ0) is 24.9. The van der Waals surface area contributed by atoms with Crippen LogP contribution in [0.4, 0.5) is 0 Å². The monoisotopic (exact) mass is 489 g/mol. The Kier molecular flexibility index (Phi) is 7.95. The summed E-state index contributed by atoms with van der Waals surface area (Å²) in [5, 5.41) is 0. The number of aromatic nitrogens is 2. The molecule has 2 amide bonds. The first-order valence-electron chi connectivity index (χ1n) is 13.8. The van der Waals surface area contributed by atoms with E-state index < -0.39 is 0 Å². The minimum Gasteiger partial charge on any atom is -0.339 e. The lowest BCUT2D eigenvalue weighted by atomic mass is 9.69. The number of amides is 2. The number of rotatable bonds is 8. The molecule has 0 spiro atoms. The van der Waals surface area contributed by atoms with Crippen LogP contribution < -0.4 is 0 Å². The van der Waals surface area contributed by atoms with Crippen molar-refractivity contribution in [3.8, 4) is 0 Å². The molecular formula is C29H39N5O2. The van der Waals surface area contributed by atoms with E-state index in [0.29, 0.717) is 43.0 Å². The molecule has 3 fully saturated rings. The number of carbonyl (C=O) groups excluding carboxylic acids is 2. The quantitative estimate of drug-likeness (QED) is 0.560. The van der Waals surface area contributed by atoms with E-state index in [1.54, 1.807) is 24.8 Å². The Balaban J connectivity index is 1.29. The van der Waals surface area contributed by atoms with Crippen molar-refractivity contribution in [3.63, 3.8) is 0 Å². The molecule has 0 bridgehead atoms. The van der Waals surface area contributed by atoms with Crippen molar-refractivity contribution in [3.05, 3.63) is 60.2 Å². The van der Waals surface area contributed by atoms with Crippen molar-refractivity contribution in [1.82, 2.24) is 24.7 Å². The van der Waals surface area contributed by atoms with Gasteiger partial charge in [-0.25, -0.2) is 0 Å². The number of nitrogens with zero attached hydrogens (tertiary/aromatic N) is 5. The zero-order valence-electron chi connectivity index (χ0n) is 21.5. The molecule has 0 aliphatic carbocycles. The van der Waals surface area contributed by atoms with Gasteiger partial charge in [0.25, 0.3) is 5.91 Å². The highest BCUT2D eigenvalue weighted by molar-refractivity contribution is 5.94. The summed E-state index contributed by atoms with van der Waals surface area (Å²) in [5.41, 5.74) is 1.78. The van der Waals surface area contributed by atoms with Crippen molar-refractivity contribution in [1.29, 1.82) is 0 Å². The molecule has 36 heavy (non-hydrogen) atoms. The number of hydrogen-bond donors (Lipinski definition) is 0. The second-order valence-electron chi connectivity index (χ2n) is 10.7. The third-order valence-corrected chi connectivity index (χ3v) is 8.59. The lowest BCUT2D eigenvalue weighted by Crippen LogP contribution is -2.65. The van der Waals surface area contributed by atoms with Crippen LogP contribution in [0.1, 0.15) is 67.8 Å². The Morgan fingerprint density at radius 2 is 1.86 bits per heavy atom. The fraction of sp³-hybridized carbons (Fsp3) is 0.586. The highest BCUT2D eigenvalue weighted by Crippen LogP contribution is 2.43. The molecule has 0 radical (unpaired) electrons. The minimum atomic E-state index is 0.105. The number of carbonyl (C=O) groups is 2.